The van der Waals surface area contributed by atoms with Crippen LogP contribution < -0.4 is 0 Å². The van der Waals surface area contributed by atoms with Crippen LogP contribution in [-0.2, 0) is 19.6 Å². The van der Waals surface area contributed by atoms with Gasteiger partial charge < -0.3 is 14.1 Å². The molecule has 0 aliphatic heterocycles. The molecule has 0 saturated heterocycles. The summed E-state index contributed by atoms with van der Waals surface area (Å²) in [5, 5.41) is 10.5. The van der Waals surface area contributed by atoms with Gasteiger partial charge in [-0.3, -0.25) is 0 Å². The quantitative estimate of drug-likeness (QED) is 0.528. The molecule has 0 unspecified atom stereocenters. The zero-order valence-corrected chi connectivity index (χ0v) is 16.2. The van der Waals surface area contributed by atoms with Crippen LogP contribution in [0.2, 0.25) is 0 Å². The molecule has 0 saturated carbocycles. The molecule has 0 spiro atoms. The average Bonchev–Trinajstić information content (AvgIpc) is 3.40. The van der Waals surface area contributed by atoms with Gasteiger partial charge >= 0.3 is 0 Å². The number of furan rings is 1. The second kappa shape index (κ2) is 7.50. The molecular weight excluding hydrogens is 358 g/mol. The first-order chi connectivity index (χ1) is 13.2. The number of hydrogen-bond acceptors (Lipinski definition) is 5. The molecule has 0 fully saturated rings. The van der Waals surface area contributed by atoms with E-state index in [1.54, 1.807) is 17.4 Å². The number of aliphatic hydroxyl groups is 1. The van der Waals surface area contributed by atoms with Crippen molar-refractivity contribution in [1.29, 1.82) is 0 Å². The van der Waals surface area contributed by atoms with Crippen molar-refractivity contribution in [1.82, 2.24) is 14.5 Å². The van der Waals surface area contributed by atoms with E-state index in [9.17, 15) is 5.11 Å². The molecule has 6 heteroatoms. The Morgan fingerprint density at radius 2 is 1.96 bits per heavy atom. The lowest BCUT2D eigenvalue weighted by molar-refractivity contribution is 0.248. The van der Waals surface area contributed by atoms with Crippen molar-refractivity contribution >= 4 is 11.3 Å². The molecule has 0 amide bonds. The first kappa shape index (κ1) is 17.7. The molecule has 1 N–H and O–H groups in total. The normalized spacial score (nSPS) is 11.2. The Labute approximate surface area is 162 Å². The number of nitrogens with zero attached hydrogens (tertiary/aromatic N) is 3. The number of hydrogen-bond donors (Lipinski definition) is 1. The van der Waals surface area contributed by atoms with Crippen LogP contribution in [-0.4, -0.2) is 19.6 Å². The number of thiazole rings is 1. The summed E-state index contributed by atoms with van der Waals surface area (Å²) >= 11 is 1.72. The van der Waals surface area contributed by atoms with Crippen molar-refractivity contribution in [2.24, 2.45) is 0 Å². The summed E-state index contributed by atoms with van der Waals surface area (Å²) in [6.07, 6.45) is 2.76. The van der Waals surface area contributed by atoms with Gasteiger partial charge in [0.25, 0.3) is 0 Å². The maximum absolute atomic E-state index is 9.39. The van der Waals surface area contributed by atoms with Crippen LogP contribution in [0.4, 0.5) is 0 Å². The van der Waals surface area contributed by atoms with E-state index in [4.69, 9.17) is 4.42 Å². The largest absolute Gasteiger partial charge is 0.457 e. The highest BCUT2D eigenvalue weighted by molar-refractivity contribution is 7.11. The molecule has 1 aromatic carbocycles. The molecule has 27 heavy (non-hydrogen) atoms. The Hall–Kier alpha value is -2.70. The summed E-state index contributed by atoms with van der Waals surface area (Å²) < 4.78 is 7.96. The van der Waals surface area contributed by atoms with Crippen LogP contribution in [0.5, 0.6) is 0 Å². The summed E-state index contributed by atoms with van der Waals surface area (Å²) in [7, 11) is 0. The van der Waals surface area contributed by atoms with E-state index in [2.05, 4.69) is 21.5 Å². The fourth-order valence-corrected chi connectivity index (χ4v) is 4.25. The van der Waals surface area contributed by atoms with Crippen LogP contribution in [0.3, 0.4) is 0 Å². The summed E-state index contributed by atoms with van der Waals surface area (Å²) in [5.74, 6) is 1.24. The highest BCUT2D eigenvalue weighted by Gasteiger charge is 2.19. The molecule has 5 nitrogen and oxygen atoms in total. The molecule has 0 aliphatic carbocycles. The number of aliphatic hydroxyl groups excluding tert-OH is 1. The topological polar surface area (TPSA) is 64.1 Å². The van der Waals surface area contributed by atoms with E-state index < -0.39 is 0 Å². The van der Waals surface area contributed by atoms with Crippen LogP contribution in [0.15, 0.2) is 53.2 Å². The van der Waals surface area contributed by atoms with Crippen molar-refractivity contribution in [2.75, 3.05) is 0 Å². The standard InChI is InChI=1S/C21H21N3O2S/c1-3-17-19(27-14(2)23-17)11-24-13-22-20(15-7-5-4-6-8-15)21(24)18-10-9-16(12-25)26-18/h4-10,13,25H,3,11-12H2,1-2H3. The van der Waals surface area contributed by atoms with Crippen LogP contribution in [0, 0.1) is 6.92 Å². The van der Waals surface area contributed by atoms with Gasteiger partial charge in [0.1, 0.15) is 18.1 Å². The summed E-state index contributed by atoms with van der Waals surface area (Å²) in [6, 6.07) is 13.8. The number of aromatic nitrogens is 3. The third-order valence-corrected chi connectivity index (χ3v) is 5.47. The van der Waals surface area contributed by atoms with Gasteiger partial charge in [-0.25, -0.2) is 9.97 Å². The third kappa shape index (κ3) is 3.46. The molecule has 138 valence electrons. The van der Waals surface area contributed by atoms with E-state index in [-0.39, 0.29) is 6.61 Å². The predicted octanol–water partition coefficient (Wildman–Crippen LogP) is 4.68. The van der Waals surface area contributed by atoms with E-state index in [1.807, 2.05) is 49.6 Å². The Morgan fingerprint density at radius 1 is 1.15 bits per heavy atom. The Morgan fingerprint density at radius 3 is 2.67 bits per heavy atom. The second-order valence-electron chi connectivity index (χ2n) is 6.32. The fraction of sp³-hybridized carbons (Fsp3) is 0.238. The van der Waals surface area contributed by atoms with Gasteiger partial charge in [0.2, 0.25) is 0 Å². The van der Waals surface area contributed by atoms with Crippen LogP contribution in [0.25, 0.3) is 22.7 Å². The highest BCUT2D eigenvalue weighted by Crippen LogP contribution is 2.33. The summed E-state index contributed by atoms with van der Waals surface area (Å²) in [5.41, 5.74) is 3.95. The minimum atomic E-state index is -0.122. The highest BCUT2D eigenvalue weighted by atomic mass is 32.1. The van der Waals surface area contributed by atoms with Crippen LogP contribution in [0.1, 0.15) is 28.3 Å². The van der Waals surface area contributed by atoms with E-state index in [1.165, 1.54) is 4.88 Å². The number of aryl methyl sites for hydroxylation is 2. The SMILES string of the molecule is CCc1nc(C)sc1Cn1cnc(-c2ccccc2)c1-c1ccc(CO)o1. The first-order valence-electron chi connectivity index (χ1n) is 8.95. The Bertz CT molecular complexity index is 1050. The number of benzene rings is 1. The number of imidazole rings is 1. The van der Waals surface area contributed by atoms with Crippen molar-refractivity contribution in [3.8, 4) is 22.7 Å². The zero-order chi connectivity index (χ0) is 18.8. The molecule has 3 aromatic heterocycles. The van der Waals surface area contributed by atoms with E-state index in [0.29, 0.717) is 18.1 Å². The zero-order valence-electron chi connectivity index (χ0n) is 15.3. The van der Waals surface area contributed by atoms with Gasteiger partial charge in [-0.2, -0.15) is 0 Å². The Kier molecular flexibility index (Phi) is 4.92. The second-order valence-corrected chi connectivity index (χ2v) is 7.60. The lowest BCUT2D eigenvalue weighted by Crippen LogP contribution is -2.01. The molecule has 0 bridgehead atoms. The van der Waals surface area contributed by atoms with Gasteiger partial charge in [0.05, 0.1) is 29.3 Å². The van der Waals surface area contributed by atoms with Crippen molar-refractivity contribution < 1.29 is 9.52 Å². The van der Waals surface area contributed by atoms with Crippen molar-refractivity contribution in [2.45, 2.75) is 33.4 Å². The maximum Gasteiger partial charge on any atom is 0.153 e. The minimum absolute atomic E-state index is 0.122. The van der Waals surface area contributed by atoms with Gasteiger partial charge in [0.15, 0.2) is 5.76 Å². The molecule has 0 radical (unpaired) electrons. The molecule has 4 rings (SSSR count). The molecule has 0 aliphatic rings. The lowest BCUT2D eigenvalue weighted by atomic mass is 10.1. The van der Waals surface area contributed by atoms with E-state index >= 15 is 0 Å². The molecular formula is C21H21N3O2S. The maximum atomic E-state index is 9.39. The lowest BCUT2D eigenvalue weighted by Gasteiger charge is -2.08. The van der Waals surface area contributed by atoms with Gasteiger partial charge in [-0.1, -0.05) is 37.3 Å². The van der Waals surface area contributed by atoms with Gasteiger partial charge in [0, 0.05) is 10.4 Å². The minimum Gasteiger partial charge on any atom is -0.457 e. The smallest absolute Gasteiger partial charge is 0.153 e. The summed E-state index contributed by atoms with van der Waals surface area (Å²) in [6.45, 7) is 4.74. The molecule has 4 aromatic rings. The van der Waals surface area contributed by atoms with E-state index in [0.717, 1.165) is 34.1 Å². The first-order valence-corrected chi connectivity index (χ1v) is 9.77. The Balaban J connectivity index is 1.83. The monoisotopic (exact) mass is 379 g/mol. The van der Waals surface area contributed by atoms with Gasteiger partial charge in [-0.05, 0) is 25.5 Å². The van der Waals surface area contributed by atoms with Crippen molar-refractivity contribution in [3.05, 3.63) is 70.1 Å². The van der Waals surface area contributed by atoms with Gasteiger partial charge in [-0.15, -0.1) is 11.3 Å². The van der Waals surface area contributed by atoms with Crippen LogP contribution >= 0.6 is 11.3 Å². The third-order valence-electron chi connectivity index (χ3n) is 4.47. The number of rotatable bonds is 6. The average molecular weight is 379 g/mol. The molecule has 3 heterocycles. The fourth-order valence-electron chi connectivity index (χ4n) is 3.22. The molecule has 0 atom stereocenters. The predicted molar refractivity (Wildman–Crippen MR) is 107 cm³/mol. The van der Waals surface area contributed by atoms with Crippen molar-refractivity contribution in [3.63, 3.8) is 0 Å². The summed E-state index contributed by atoms with van der Waals surface area (Å²) in [4.78, 5) is 10.6.